The van der Waals surface area contributed by atoms with Crippen molar-refractivity contribution in [2.75, 3.05) is 13.2 Å². The van der Waals surface area contributed by atoms with Crippen molar-refractivity contribution in [3.63, 3.8) is 0 Å². The molecule has 0 unspecified atom stereocenters. The van der Waals surface area contributed by atoms with Crippen molar-refractivity contribution in [2.45, 2.75) is 62.8 Å². The van der Waals surface area contributed by atoms with Crippen molar-refractivity contribution in [3.05, 3.63) is 76.7 Å². The highest BCUT2D eigenvalue weighted by atomic mass is 32.2. The minimum Gasteiger partial charge on any atom is -0.493 e. The predicted molar refractivity (Wildman–Crippen MR) is 160 cm³/mol. The van der Waals surface area contributed by atoms with Crippen molar-refractivity contribution in [1.82, 2.24) is 9.78 Å². The van der Waals surface area contributed by atoms with Crippen LogP contribution in [0.4, 0.5) is 13.2 Å². The molecular formula is C31H33F3N2O5SSi. The third-order valence-corrected chi connectivity index (χ3v) is 10.8. The van der Waals surface area contributed by atoms with Crippen LogP contribution in [0.2, 0.25) is 25.7 Å². The van der Waals surface area contributed by atoms with Crippen molar-refractivity contribution in [2.24, 2.45) is 0 Å². The van der Waals surface area contributed by atoms with Gasteiger partial charge in [0.25, 0.3) is 0 Å². The van der Waals surface area contributed by atoms with Gasteiger partial charge < -0.3 is 9.47 Å². The smallest absolute Gasteiger partial charge is 0.183 e. The van der Waals surface area contributed by atoms with Crippen LogP contribution in [0.5, 0.6) is 5.75 Å². The zero-order chi connectivity index (χ0) is 31.1. The molecule has 0 fully saturated rings. The van der Waals surface area contributed by atoms with E-state index in [1.165, 1.54) is 28.9 Å². The van der Waals surface area contributed by atoms with E-state index in [1.807, 2.05) is 0 Å². The maximum Gasteiger partial charge on any atom is 0.183 e. The number of sulfone groups is 1. The minimum absolute atomic E-state index is 0.0378. The number of carbonyl (C=O) groups excluding carboxylic acids is 1. The molecule has 0 N–H and O–H groups in total. The number of ether oxygens (including phenoxy) is 2. The molecule has 0 radical (unpaired) electrons. The lowest BCUT2D eigenvalue weighted by Crippen LogP contribution is -2.22. The first-order valence-electron chi connectivity index (χ1n) is 14.1. The summed E-state index contributed by atoms with van der Waals surface area (Å²) in [5.41, 5.74) is -0.661. The molecule has 0 saturated carbocycles. The van der Waals surface area contributed by atoms with Crippen LogP contribution in [0.15, 0.2) is 47.4 Å². The summed E-state index contributed by atoms with van der Waals surface area (Å²) in [6.45, 7) is 8.91. The van der Waals surface area contributed by atoms with Crippen LogP contribution in [0.25, 0.3) is 22.0 Å². The van der Waals surface area contributed by atoms with Crippen LogP contribution in [0, 0.1) is 17.5 Å². The van der Waals surface area contributed by atoms with E-state index in [1.54, 1.807) is 13.0 Å². The maximum atomic E-state index is 16.2. The van der Waals surface area contributed by atoms with Gasteiger partial charge in [0, 0.05) is 44.0 Å². The van der Waals surface area contributed by atoms with Gasteiger partial charge in [-0.15, -0.1) is 0 Å². The van der Waals surface area contributed by atoms with E-state index in [9.17, 15) is 13.2 Å². The fourth-order valence-electron chi connectivity index (χ4n) is 5.00. The van der Waals surface area contributed by atoms with Gasteiger partial charge >= 0.3 is 0 Å². The van der Waals surface area contributed by atoms with E-state index >= 15 is 13.2 Å². The average Bonchev–Trinajstić information content (AvgIpc) is 3.57. The number of ketones is 1. The van der Waals surface area contributed by atoms with Crippen molar-refractivity contribution < 1.29 is 35.9 Å². The van der Waals surface area contributed by atoms with E-state index in [2.05, 4.69) is 24.7 Å². The third kappa shape index (κ3) is 6.27. The monoisotopic (exact) mass is 630 g/mol. The number of halogens is 3. The summed E-state index contributed by atoms with van der Waals surface area (Å²) in [4.78, 5) is 12.6. The topological polar surface area (TPSA) is 87.5 Å². The first-order chi connectivity index (χ1) is 20.3. The molecule has 0 amide bonds. The SMILES string of the molecule is CCC(=O)c1nn(COCC[Si](C)(C)C)c2c(F)c(-c3c(F)ccc(CS(=O)(=O)c4ccc5c(c4)OCC5)c3F)ccc12. The summed E-state index contributed by atoms with van der Waals surface area (Å²) >= 11 is 0. The lowest BCUT2D eigenvalue weighted by molar-refractivity contribution is 0.0804. The molecule has 0 saturated heterocycles. The molecule has 7 nitrogen and oxygen atoms in total. The number of benzene rings is 3. The quantitative estimate of drug-likeness (QED) is 0.101. The standard InChI is InChI=1S/C31H33F3N2O5SSi/c1-5-25(37)30-23-10-9-22(29(34)31(23)36(35-30)18-40-14-15-43(2,3)4)27-24(32)11-7-20(28(27)33)17-42(38,39)21-8-6-19-12-13-41-26(19)16-21/h6-11,16H,5,12-15,17-18H2,1-4H3. The summed E-state index contributed by atoms with van der Waals surface area (Å²) in [6.07, 6.45) is 0.793. The van der Waals surface area contributed by atoms with Crippen LogP contribution in [0.3, 0.4) is 0 Å². The Morgan fingerprint density at radius 2 is 1.84 bits per heavy atom. The molecule has 4 aromatic rings. The molecule has 0 bridgehead atoms. The molecular weight excluding hydrogens is 597 g/mol. The number of hydrogen-bond donors (Lipinski definition) is 0. The van der Waals surface area contributed by atoms with Crippen LogP contribution >= 0.6 is 0 Å². The number of aromatic nitrogens is 2. The van der Waals surface area contributed by atoms with Gasteiger partial charge in [-0.3, -0.25) is 4.79 Å². The second kappa shape index (κ2) is 11.9. The Bertz CT molecular complexity index is 1830. The van der Waals surface area contributed by atoms with Crippen molar-refractivity contribution in [1.29, 1.82) is 0 Å². The summed E-state index contributed by atoms with van der Waals surface area (Å²) in [6, 6.07) is 9.88. The van der Waals surface area contributed by atoms with Gasteiger partial charge in [0.2, 0.25) is 0 Å². The number of hydrogen-bond acceptors (Lipinski definition) is 6. The molecule has 3 aromatic carbocycles. The zero-order valence-corrected chi connectivity index (χ0v) is 26.3. The largest absolute Gasteiger partial charge is 0.493 e. The van der Waals surface area contributed by atoms with Gasteiger partial charge in [0.15, 0.2) is 21.4 Å². The van der Waals surface area contributed by atoms with E-state index in [4.69, 9.17) is 9.47 Å². The second-order valence-electron chi connectivity index (χ2n) is 11.8. The molecule has 2 heterocycles. The van der Waals surface area contributed by atoms with Crippen LogP contribution < -0.4 is 4.74 Å². The van der Waals surface area contributed by atoms with Gasteiger partial charge in [0.05, 0.1) is 22.8 Å². The number of rotatable bonds is 11. The molecule has 228 valence electrons. The van der Waals surface area contributed by atoms with Gasteiger partial charge in [-0.2, -0.15) is 5.10 Å². The lowest BCUT2D eigenvalue weighted by atomic mass is 9.99. The normalized spacial score (nSPS) is 13.4. The van der Waals surface area contributed by atoms with E-state index in [0.717, 1.165) is 23.7 Å². The Labute approximate surface area is 249 Å². The van der Waals surface area contributed by atoms with E-state index in [0.29, 0.717) is 25.4 Å². The van der Waals surface area contributed by atoms with Crippen molar-refractivity contribution in [3.8, 4) is 16.9 Å². The summed E-state index contributed by atoms with van der Waals surface area (Å²) in [5, 5.41) is 4.49. The highest BCUT2D eigenvalue weighted by Gasteiger charge is 2.27. The molecule has 1 aliphatic rings. The summed E-state index contributed by atoms with van der Waals surface area (Å²) in [5.74, 6) is -3.89. The Balaban J connectivity index is 1.54. The highest BCUT2D eigenvalue weighted by Crippen LogP contribution is 2.36. The zero-order valence-electron chi connectivity index (χ0n) is 24.5. The molecule has 0 spiro atoms. The second-order valence-corrected chi connectivity index (χ2v) is 19.4. The molecule has 1 aromatic heterocycles. The lowest BCUT2D eigenvalue weighted by Gasteiger charge is -2.16. The van der Waals surface area contributed by atoms with Crippen LogP contribution in [-0.4, -0.2) is 45.3 Å². The van der Waals surface area contributed by atoms with Gasteiger partial charge in [0.1, 0.15) is 35.3 Å². The summed E-state index contributed by atoms with van der Waals surface area (Å²) in [7, 11) is -5.46. The first-order valence-corrected chi connectivity index (χ1v) is 19.4. The predicted octanol–water partition coefficient (Wildman–Crippen LogP) is 6.93. The Kier molecular flexibility index (Phi) is 8.56. The van der Waals surface area contributed by atoms with E-state index in [-0.39, 0.29) is 46.0 Å². The van der Waals surface area contributed by atoms with Crippen LogP contribution in [-0.2, 0) is 33.5 Å². The van der Waals surface area contributed by atoms with Crippen LogP contribution in [0.1, 0.15) is 35.0 Å². The third-order valence-electron chi connectivity index (χ3n) is 7.46. The Hall–Kier alpha value is -3.48. The number of fused-ring (bicyclic) bond motifs is 2. The summed E-state index contributed by atoms with van der Waals surface area (Å²) < 4.78 is 86.2. The van der Waals surface area contributed by atoms with Crippen molar-refractivity contribution >= 4 is 34.6 Å². The maximum absolute atomic E-state index is 16.2. The number of carbonyl (C=O) groups is 1. The number of nitrogens with zero attached hydrogens (tertiary/aromatic N) is 2. The fraction of sp³-hybridized carbons (Fsp3) is 0.355. The highest BCUT2D eigenvalue weighted by molar-refractivity contribution is 7.90. The van der Waals surface area contributed by atoms with Gasteiger partial charge in [-0.05, 0) is 35.9 Å². The van der Waals surface area contributed by atoms with Gasteiger partial charge in [-0.25, -0.2) is 26.3 Å². The number of Topliss-reactive ketones (excluding diaryl/α,β-unsaturated/α-hetero) is 1. The molecule has 12 heteroatoms. The Morgan fingerprint density at radius 1 is 1.07 bits per heavy atom. The fourth-order valence-corrected chi connectivity index (χ4v) is 7.12. The Morgan fingerprint density at radius 3 is 2.56 bits per heavy atom. The molecule has 43 heavy (non-hydrogen) atoms. The van der Waals surface area contributed by atoms with E-state index < -0.39 is 52.2 Å². The molecule has 1 aliphatic heterocycles. The average molecular weight is 631 g/mol. The molecule has 5 rings (SSSR count). The van der Waals surface area contributed by atoms with Gasteiger partial charge in [-0.1, -0.05) is 44.8 Å². The molecule has 0 aliphatic carbocycles. The first kappa shape index (κ1) is 31.0. The molecule has 0 atom stereocenters. The minimum atomic E-state index is -4.05.